The number of nitrogens with one attached hydrogen (secondary N) is 1. The third-order valence-electron chi connectivity index (χ3n) is 1.84. The van der Waals surface area contributed by atoms with Crippen molar-refractivity contribution in [2.75, 3.05) is 19.0 Å². The van der Waals surface area contributed by atoms with Crippen molar-refractivity contribution in [3.63, 3.8) is 0 Å². The molecule has 0 unspecified atom stereocenters. The number of nitrogen functional groups attached to an aromatic ring is 1. The molecule has 76 valence electrons. The second kappa shape index (κ2) is 4.52. The first-order valence-corrected chi connectivity index (χ1v) is 4.23. The van der Waals surface area contributed by atoms with Crippen molar-refractivity contribution in [3.05, 3.63) is 18.1 Å². The Bertz CT molecular complexity index is 310. The molecule has 0 atom stereocenters. The number of hydrazine groups is 1. The third-order valence-corrected chi connectivity index (χ3v) is 1.84. The lowest BCUT2D eigenvalue weighted by Crippen LogP contribution is -2.27. The summed E-state index contributed by atoms with van der Waals surface area (Å²) in [5, 5.41) is 0. The average Bonchev–Trinajstić information content (AvgIpc) is 2.27. The van der Waals surface area contributed by atoms with Gasteiger partial charge in [-0.1, -0.05) is 0 Å². The van der Waals surface area contributed by atoms with Gasteiger partial charge in [0.15, 0.2) is 5.82 Å². The highest BCUT2D eigenvalue weighted by molar-refractivity contribution is 5.91. The van der Waals surface area contributed by atoms with Gasteiger partial charge in [-0.2, -0.15) is 0 Å². The number of nitrogens with zero attached hydrogens (tertiary/aromatic N) is 3. The minimum absolute atomic E-state index is 0.149. The molecule has 1 aromatic heterocycles. The van der Waals surface area contributed by atoms with Gasteiger partial charge in [0.05, 0.1) is 12.4 Å². The quantitative estimate of drug-likeness (QED) is 0.517. The molecule has 0 aromatic carbocycles. The normalized spacial score (nSPS) is 9.64. The number of hydrogen-bond acceptors (Lipinski definition) is 5. The molecule has 1 rings (SSSR count). The van der Waals surface area contributed by atoms with Crippen LogP contribution in [0.4, 0.5) is 5.82 Å². The van der Waals surface area contributed by atoms with Gasteiger partial charge in [-0.25, -0.2) is 15.8 Å². The number of amides is 1. The molecule has 6 heteroatoms. The van der Waals surface area contributed by atoms with E-state index in [9.17, 15) is 4.79 Å². The van der Waals surface area contributed by atoms with Crippen LogP contribution in [0.2, 0.25) is 0 Å². The average molecular weight is 195 g/mol. The summed E-state index contributed by atoms with van der Waals surface area (Å²) in [5.74, 6) is 5.40. The van der Waals surface area contributed by atoms with Crippen LogP contribution in [0.3, 0.4) is 0 Å². The summed E-state index contributed by atoms with van der Waals surface area (Å²) in [6.07, 6.45) is 2.81. The molecule has 1 amide bonds. The Kier molecular flexibility index (Phi) is 3.35. The van der Waals surface area contributed by atoms with E-state index in [0.717, 1.165) is 0 Å². The number of hydrogen-bond donors (Lipinski definition) is 2. The van der Waals surface area contributed by atoms with Gasteiger partial charge < -0.3 is 10.3 Å². The highest BCUT2D eigenvalue weighted by Gasteiger charge is 2.11. The number of carbonyl (C=O) groups is 1. The summed E-state index contributed by atoms with van der Waals surface area (Å²) >= 11 is 0. The molecule has 0 aliphatic rings. The predicted molar refractivity (Wildman–Crippen MR) is 52.5 cm³/mol. The second-order valence-corrected chi connectivity index (χ2v) is 2.75. The van der Waals surface area contributed by atoms with E-state index in [-0.39, 0.29) is 5.91 Å². The molecule has 0 radical (unpaired) electrons. The smallest absolute Gasteiger partial charge is 0.273 e. The number of rotatable bonds is 3. The first-order valence-electron chi connectivity index (χ1n) is 4.23. The molecular weight excluding hydrogens is 182 g/mol. The minimum Gasteiger partial charge on any atom is -0.341 e. The maximum atomic E-state index is 11.5. The molecule has 14 heavy (non-hydrogen) atoms. The number of aromatic nitrogens is 2. The lowest BCUT2D eigenvalue weighted by molar-refractivity contribution is 0.0796. The zero-order valence-corrected chi connectivity index (χ0v) is 8.19. The highest BCUT2D eigenvalue weighted by atomic mass is 16.2. The van der Waals surface area contributed by atoms with E-state index in [1.807, 2.05) is 6.92 Å². The summed E-state index contributed by atoms with van der Waals surface area (Å²) in [6, 6.07) is 0. The maximum absolute atomic E-state index is 11.5. The molecule has 1 aromatic rings. The number of carbonyl (C=O) groups excluding carboxylic acids is 1. The molecule has 3 N–H and O–H groups in total. The Balaban J connectivity index is 2.81. The van der Waals surface area contributed by atoms with E-state index < -0.39 is 0 Å². The van der Waals surface area contributed by atoms with Gasteiger partial charge in [0.2, 0.25) is 0 Å². The van der Waals surface area contributed by atoms with Crippen LogP contribution in [0.1, 0.15) is 17.4 Å². The molecule has 0 aliphatic carbocycles. The molecule has 0 saturated carbocycles. The van der Waals surface area contributed by atoms with Crippen LogP contribution in [0.5, 0.6) is 0 Å². The molecule has 0 aliphatic heterocycles. The lowest BCUT2D eigenvalue weighted by Gasteiger charge is -2.13. The largest absolute Gasteiger partial charge is 0.341 e. The predicted octanol–water partition coefficient (Wildman–Crippen LogP) is -0.146. The molecular formula is C8H13N5O. The molecule has 0 fully saturated rings. The van der Waals surface area contributed by atoms with E-state index in [0.29, 0.717) is 18.1 Å². The number of anilines is 1. The molecule has 0 spiro atoms. The van der Waals surface area contributed by atoms with Crippen LogP contribution in [0, 0.1) is 0 Å². The summed E-state index contributed by atoms with van der Waals surface area (Å²) in [5.41, 5.74) is 2.65. The standard InChI is InChI=1S/C8H13N5O/c1-3-13(2)8(14)6-4-11-7(12-9)5-10-6/h4-5H,3,9H2,1-2H3,(H,11,12). The fourth-order valence-corrected chi connectivity index (χ4v) is 0.852. The Morgan fingerprint density at radius 2 is 2.29 bits per heavy atom. The van der Waals surface area contributed by atoms with E-state index in [1.54, 1.807) is 11.9 Å². The Morgan fingerprint density at radius 3 is 2.71 bits per heavy atom. The van der Waals surface area contributed by atoms with Crippen LogP contribution in [0.25, 0.3) is 0 Å². The Morgan fingerprint density at radius 1 is 1.57 bits per heavy atom. The Labute approximate surface area is 82.1 Å². The van der Waals surface area contributed by atoms with Crippen LogP contribution in [-0.2, 0) is 0 Å². The maximum Gasteiger partial charge on any atom is 0.273 e. The van der Waals surface area contributed by atoms with Gasteiger partial charge in [0.1, 0.15) is 5.69 Å². The van der Waals surface area contributed by atoms with Gasteiger partial charge in [-0.3, -0.25) is 4.79 Å². The molecule has 0 bridgehead atoms. The van der Waals surface area contributed by atoms with Gasteiger partial charge in [0.25, 0.3) is 5.91 Å². The molecule has 6 nitrogen and oxygen atoms in total. The molecule has 1 heterocycles. The monoisotopic (exact) mass is 195 g/mol. The first-order chi connectivity index (χ1) is 6.69. The van der Waals surface area contributed by atoms with E-state index >= 15 is 0 Å². The highest BCUT2D eigenvalue weighted by Crippen LogP contribution is 2.01. The lowest BCUT2D eigenvalue weighted by atomic mass is 10.4. The minimum atomic E-state index is -0.149. The SMILES string of the molecule is CCN(C)C(=O)c1cnc(NN)cn1. The van der Waals surface area contributed by atoms with Gasteiger partial charge in [0, 0.05) is 13.6 Å². The molecule has 0 saturated heterocycles. The van der Waals surface area contributed by atoms with Crippen molar-refractivity contribution in [1.82, 2.24) is 14.9 Å². The van der Waals surface area contributed by atoms with Crippen molar-refractivity contribution in [2.45, 2.75) is 6.92 Å². The summed E-state index contributed by atoms with van der Waals surface area (Å²) in [7, 11) is 1.71. The van der Waals surface area contributed by atoms with Crippen molar-refractivity contribution < 1.29 is 4.79 Å². The summed E-state index contributed by atoms with van der Waals surface area (Å²) in [6.45, 7) is 2.53. The van der Waals surface area contributed by atoms with E-state index in [2.05, 4.69) is 15.4 Å². The zero-order valence-electron chi connectivity index (χ0n) is 8.19. The summed E-state index contributed by atoms with van der Waals surface area (Å²) < 4.78 is 0. The van der Waals surface area contributed by atoms with Crippen molar-refractivity contribution in [3.8, 4) is 0 Å². The second-order valence-electron chi connectivity index (χ2n) is 2.75. The topological polar surface area (TPSA) is 84.1 Å². The third kappa shape index (κ3) is 2.17. The van der Waals surface area contributed by atoms with Gasteiger partial charge >= 0.3 is 0 Å². The van der Waals surface area contributed by atoms with Crippen molar-refractivity contribution in [1.29, 1.82) is 0 Å². The van der Waals surface area contributed by atoms with Crippen LogP contribution in [-0.4, -0.2) is 34.4 Å². The van der Waals surface area contributed by atoms with Crippen molar-refractivity contribution >= 4 is 11.7 Å². The fraction of sp³-hybridized carbons (Fsp3) is 0.375. The van der Waals surface area contributed by atoms with Crippen molar-refractivity contribution in [2.24, 2.45) is 5.84 Å². The fourth-order valence-electron chi connectivity index (χ4n) is 0.852. The van der Waals surface area contributed by atoms with Gasteiger partial charge in [-0.15, -0.1) is 0 Å². The first kappa shape index (κ1) is 10.4. The van der Waals surface area contributed by atoms with Crippen LogP contribution >= 0.6 is 0 Å². The zero-order chi connectivity index (χ0) is 10.6. The summed E-state index contributed by atoms with van der Waals surface area (Å²) in [4.78, 5) is 20.9. The van der Waals surface area contributed by atoms with E-state index in [4.69, 9.17) is 5.84 Å². The van der Waals surface area contributed by atoms with Crippen LogP contribution in [0.15, 0.2) is 12.4 Å². The van der Waals surface area contributed by atoms with Gasteiger partial charge in [-0.05, 0) is 6.92 Å². The Hall–Kier alpha value is -1.69. The van der Waals surface area contributed by atoms with Crippen LogP contribution < -0.4 is 11.3 Å². The number of nitrogens with two attached hydrogens (primary N) is 1. The van der Waals surface area contributed by atoms with E-state index in [1.165, 1.54) is 12.4 Å².